The quantitative estimate of drug-likeness (QED) is 0.643. The van der Waals surface area contributed by atoms with E-state index in [0.717, 1.165) is 19.6 Å². The molecular weight excluding hydrogens is 236 g/mol. The molecular formula is C12H28N2O2S. The SMILES string of the molecule is CCCS(=O)(=O)CCNC(C)CN(CC)CC. The van der Waals surface area contributed by atoms with Gasteiger partial charge in [-0.05, 0) is 26.4 Å². The number of likely N-dealkylation sites (N-methyl/N-ethyl adjacent to an activating group) is 1. The summed E-state index contributed by atoms with van der Waals surface area (Å²) in [5.74, 6) is 0.558. The maximum Gasteiger partial charge on any atom is 0.151 e. The van der Waals surface area contributed by atoms with E-state index in [1.807, 2.05) is 6.92 Å². The van der Waals surface area contributed by atoms with Crippen LogP contribution in [0.15, 0.2) is 0 Å². The van der Waals surface area contributed by atoms with Crippen LogP contribution in [0.3, 0.4) is 0 Å². The zero-order chi connectivity index (χ0) is 13.3. The van der Waals surface area contributed by atoms with Crippen LogP contribution in [0.2, 0.25) is 0 Å². The molecule has 0 aliphatic rings. The third-order valence-corrected chi connectivity index (χ3v) is 4.70. The van der Waals surface area contributed by atoms with Crippen LogP contribution in [-0.4, -0.2) is 57.0 Å². The number of nitrogens with one attached hydrogen (secondary N) is 1. The maximum atomic E-state index is 11.5. The third kappa shape index (κ3) is 8.57. The fourth-order valence-electron chi connectivity index (χ4n) is 1.81. The van der Waals surface area contributed by atoms with Gasteiger partial charge in [-0.3, -0.25) is 0 Å². The van der Waals surface area contributed by atoms with Gasteiger partial charge in [-0.25, -0.2) is 8.42 Å². The first-order valence-corrected chi connectivity index (χ1v) is 8.43. The minimum atomic E-state index is -2.84. The van der Waals surface area contributed by atoms with Crippen molar-refractivity contribution in [1.29, 1.82) is 0 Å². The van der Waals surface area contributed by atoms with Crippen LogP contribution >= 0.6 is 0 Å². The van der Waals surface area contributed by atoms with Crippen molar-refractivity contribution in [3.05, 3.63) is 0 Å². The van der Waals surface area contributed by atoms with Gasteiger partial charge in [0.25, 0.3) is 0 Å². The molecule has 0 aliphatic heterocycles. The molecule has 5 heteroatoms. The summed E-state index contributed by atoms with van der Waals surface area (Å²) in [5, 5.41) is 3.28. The molecule has 0 aromatic carbocycles. The summed E-state index contributed by atoms with van der Waals surface area (Å²) >= 11 is 0. The zero-order valence-corrected chi connectivity index (χ0v) is 12.5. The molecule has 0 saturated carbocycles. The molecule has 0 saturated heterocycles. The molecule has 17 heavy (non-hydrogen) atoms. The highest BCUT2D eigenvalue weighted by Gasteiger charge is 2.11. The fraction of sp³-hybridized carbons (Fsp3) is 1.00. The smallest absolute Gasteiger partial charge is 0.151 e. The van der Waals surface area contributed by atoms with Gasteiger partial charge in [0.2, 0.25) is 0 Å². The van der Waals surface area contributed by atoms with E-state index >= 15 is 0 Å². The van der Waals surface area contributed by atoms with E-state index in [-0.39, 0.29) is 5.75 Å². The second kappa shape index (κ2) is 8.89. The molecule has 1 N–H and O–H groups in total. The third-order valence-electron chi connectivity index (χ3n) is 2.85. The molecule has 1 unspecified atom stereocenters. The van der Waals surface area contributed by atoms with Gasteiger partial charge in [0.05, 0.1) is 5.75 Å². The lowest BCUT2D eigenvalue weighted by molar-refractivity contribution is 0.273. The first-order valence-electron chi connectivity index (χ1n) is 6.61. The van der Waals surface area contributed by atoms with Crippen LogP contribution in [-0.2, 0) is 9.84 Å². The second-order valence-electron chi connectivity index (χ2n) is 4.49. The van der Waals surface area contributed by atoms with Crippen molar-refractivity contribution in [3.63, 3.8) is 0 Å². The molecule has 0 bridgehead atoms. The van der Waals surface area contributed by atoms with Crippen molar-refractivity contribution in [2.24, 2.45) is 0 Å². The van der Waals surface area contributed by atoms with Gasteiger partial charge in [0, 0.05) is 24.9 Å². The molecule has 1 atom stereocenters. The summed E-state index contributed by atoms with van der Waals surface area (Å²) in [5.41, 5.74) is 0. The lowest BCUT2D eigenvalue weighted by Gasteiger charge is -2.23. The van der Waals surface area contributed by atoms with E-state index < -0.39 is 9.84 Å². The van der Waals surface area contributed by atoms with Gasteiger partial charge < -0.3 is 10.2 Å². The fourth-order valence-corrected chi connectivity index (χ4v) is 3.06. The van der Waals surface area contributed by atoms with Crippen molar-refractivity contribution in [2.75, 3.05) is 37.7 Å². The van der Waals surface area contributed by atoms with E-state index in [1.54, 1.807) is 0 Å². The number of hydrogen-bond donors (Lipinski definition) is 1. The molecule has 0 aliphatic carbocycles. The summed E-state index contributed by atoms with van der Waals surface area (Å²) in [6.45, 7) is 11.9. The summed E-state index contributed by atoms with van der Waals surface area (Å²) in [6.07, 6.45) is 0.706. The van der Waals surface area contributed by atoms with Crippen molar-refractivity contribution in [2.45, 2.75) is 40.2 Å². The first kappa shape index (κ1) is 16.9. The molecule has 0 aromatic heterocycles. The summed E-state index contributed by atoms with van der Waals surface area (Å²) < 4.78 is 23.0. The number of rotatable bonds is 10. The van der Waals surface area contributed by atoms with E-state index in [0.29, 0.717) is 24.8 Å². The van der Waals surface area contributed by atoms with Crippen LogP contribution in [0.4, 0.5) is 0 Å². The van der Waals surface area contributed by atoms with E-state index in [4.69, 9.17) is 0 Å². The van der Waals surface area contributed by atoms with Gasteiger partial charge >= 0.3 is 0 Å². The van der Waals surface area contributed by atoms with Crippen LogP contribution in [0, 0.1) is 0 Å². The van der Waals surface area contributed by atoms with Gasteiger partial charge in [-0.2, -0.15) is 0 Å². The average Bonchev–Trinajstić information content (AvgIpc) is 2.25. The highest BCUT2D eigenvalue weighted by Crippen LogP contribution is 1.94. The normalized spacial score (nSPS) is 14.2. The molecule has 0 aromatic rings. The Morgan fingerprint density at radius 1 is 1.12 bits per heavy atom. The van der Waals surface area contributed by atoms with Gasteiger partial charge in [0.1, 0.15) is 0 Å². The molecule has 0 heterocycles. The predicted molar refractivity (Wildman–Crippen MR) is 74.2 cm³/mol. The van der Waals surface area contributed by atoms with Gasteiger partial charge in [-0.15, -0.1) is 0 Å². The van der Waals surface area contributed by atoms with Crippen molar-refractivity contribution < 1.29 is 8.42 Å². The van der Waals surface area contributed by atoms with Crippen LogP contribution in [0.25, 0.3) is 0 Å². The van der Waals surface area contributed by atoms with Gasteiger partial charge in [0.15, 0.2) is 9.84 Å². The summed E-state index contributed by atoms with van der Waals surface area (Å²) in [7, 11) is -2.84. The topological polar surface area (TPSA) is 49.4 Å². The number of sulfone groups is 1. The molecule has 0 spiro atoms. The minimum absolute atomic E-state index is 0.253. The minimum Gasteiger partial charge on any atom is -0.312 e. The van der Waals surface area contributed by atoms with Gasteiger partial charge in [-0.1, -0.05) is 20.8 Å². The second-order valence-corrected chi connectivity index (χ2v) is 6.80. The molecule has 0 fully saturated rings. The Morgan fingerprint density at radius 3 is 2.18 bits per heavy atom. The van der Waals surface area contributed by atoms with E-state index in [1.165, 1.54) is 0 Å². The lowest BCUT2D eigenvalue weighted by Crippen LogP contribution is -2.40. The van der Waals surface area contributed by atoms with Crippen molar-refractivity contribution in [1.82, 2.24) is 10.2 Å². The largest absolute Gasteiger partial charge is 0.312 e. The number of nitrogens with zero attached hydrogens (tertiary/aromatic N) is 1. The maximum absolute atomic E-state index is 11.5. The van der Waals surface area contributed by atoms with Crippen LogP contribution < -0.4 is 5.32 Å². The Balaban J connectivity index is 3.81. The molecule has 104 valence electrons. The Hall–Kier alpha value is -0.130. The number of hydrogen-bond acceptors (Lipinski definition) is 4. The Kier molecular flexibility index (Phi) is 8.82. The van der Waals surface area contributed by atoms with Crippen LogP contribution in [0.1, 0.15) is 34.1 Å². The van der Waals surface area contributed by atoms with Crippen molar-refractivity contribution in [3.8, 4) is 0 Å². The Labute approximate surface area is 107 Å². The van der Waals surface area contributed by atoms with Crippen LogP contribution in [0.5, 0.6) is 0 Å². The lowest BCUT2D eigenvalue weighted by atomic mass is 10.3. The molecule has 4 nitrogen and oxygen atoms in total. The standard InChI is InChI=1S/C12H28N2O2S/c1-5-9-17(15,16)10-8-13-12(4)11-14(6-2)7-3/h12-13H,5-11H2,1-4H3. The van der Waals surface area contributed by atoms with E-state index in [2.05, 4.69) is 31.0 Å². The summed E-state index contributed by atoms with van der Waals surface area (Å²) in [6, 6.07) is 0.340. The van der Waals surface area contributed by atoms with E-state index in [9.17, 15) is 8.42 Å². The highest BCUT2D eigenvalue weighted by molar-refractivity contribution is 7.91. The zero-order valence-electron chi connectivity index (χ0n) is 11.7. The Morgan fingerprint density at radius 2 is 1.71 bits per heavy atom. The Bertz CT molecular complexity index is 274. The highest BCUT2D eigenvalue weighted by atomic mass is 32.2. The first-order chi connectivity index (χ1) is 7.95. The average molecular weight is 264 g/mol. The molecule has 0 amide bonds. The predicted octanol–water partition coefficient (Wildman–Crippen LogP) is 1.13. The van der Waals surface area contributed by atoms with Crippen molar-refractivity contribution >= 4 is 9.84 Å². The molecule has 0 radical (unpaired) electrons. The monoisotopic (exact) mass is 264 g/mol. The molecule has 0 rings (SSSR count). The summed E-state index contributed by atoms with van der Waals surface area (Å²) in [4.78, 5) is 2.33.